The third-order valence-corrected chi connectivity index (χ3v) is 7.14. The van der Waals surface area contributed by atoms with Crippen LogP contribution in [0.5, 0.6) is 0 Å². The Labute approximate surface area is 181 Å². The molecule has 1 heterocycles. The zero-order valence-corrected chi connectivity index (χ0v) is 19.2. The van der Waals surface area contributed by atoms with Gasteiger partial charge in [0.15, 0.2) is 0 Å². The summed E-state index contributed by atoms with van der Waals surface area (Å²) in [4.78, 5) is 14.1. The van der Waals surface area contributed by atoms with E-state index in [2.05, 4.69) is 45.0 Å². The smallest absolute Gasteiger partial charge is 0.248 e. The Morgan fingerprint density at radius 2 is 2.07 bits per heavy atom. The van der Waals surface area contributed by atoms with Crippen molar-refractivity contribution in [3.63, 3.8) is 0 Å². The maximum atomic E-state index is 11.8. The van der Waals surface area contributed by atoms with E-state index in [1.54, 1.807) is 13.2 Å². The van der Waals surface area contributed by atoms with Crippen LogP contribution in [0.2, 0.25) is 0 Å². The Hall–Kier alpha value is -1.85. The predicted molar refractivity (Wildman–Crippen MR) is 120 cm³/mol. The molecular formula is C25H38N2O3. The number of rotatable bonds is 7. The van der Waals surface area contributed by atoms with E-state index in [-0.39, 0.29) is 6.10 Å². The largest absolute Gasteiger partial charge is 0.380 e. The predicted octanol–water partition coefficient (Wildman–Crippen LogP) is 4.47. The molecule has 2 fully saturated rings. The fourth-order valence-electron chi connectivity index (χ4n) is 5.62. The van der Waals surface area contributed by atoms with E-state index in [0.717, 1.165) is 37.8 Å². The van der Waals surface area contributed by atoms with Crippen LogP contribution in [-0.4, -0.2) is 43.7 Å². The average molecular weight is 415 g/mol. The molecule has 1 saturated heterocycles. The zero-order valence-electron chi connectivity index (χ0n) is 19.2. The maximum absolute atomic E-state index is 11.8. The number of benzene rings is 1. The second kappa shape index (κ2) is 9.52. The van der Waals surface area contributed by atoms with Crippen LogP contribution < -0.4 is 5.73 Å². The third-order valence-electron chi connectivity index (χ3n) is 7.14. The average Bonchev–Trinajstić information content (AvgIpc) is 3.15. The summed E-state index contributed by atoms with van der Waals surface area (Å²) in [5.74, 6) is 0.262. The molecule has 1 amide bonds. The summed E-state index contributed by atoms with van der Waals surface area (Å²) < 4.78 is 12.4. The number of methoxy groups -OCH3 is 1. The summed E-state index contributed by atoms with van der Waals surface area (Å²) in [6, 6.07) is 7.70. The number of ether oxygens (including phenoxy) is 2. The van der Waals surface area contributed by atoms with Gasteiger partial charge in [0.2, 0.25) is 5.91 Å². The molecule has 5 unspecified atom stereocenters. The molecule has 30 heavy (non-hydrogen) atoms. The van der Waals surface area contributed by atoms with Crippen molar-refractivity contribution in [2.45, 2.75) is 70.7 Å². The van der Waals surface area contributed by atoms with Gasteiger partial charge in [0.1, 0.15) is 0 Å². The Bertz CT molecular complexity index is 777. The van der Waals surface area contributed by atoms with Crippen molar-refractivity contribution in [1.29, 1.82) is 0 Å². The monoisotopic (exact) mass is 414 g/mol. The van der Waals surface area contributed by atoms with E-state index in [0.29, 0.717) is 23.5 Å². The van der Waals surface area contributed by atoms with Gasteiger partial charge in [-0.15, -0.1) is 0 Å². The zero-order chi connectivity index (χ0) is 21.9. The molecule has 166 valence electrons. The minimum Gasteiger partial charge on any atom is -0.380 e. The lowest BCUT2D eigenvalue weighted by atomic mass is 9.65. The maximum Gasteiger partial charge on any atom is 0.248 e. The molecule has 0 aromatic heterocycles. The molecule has 1 aromatic rings. The van der Waals surface area contributed by atoms with Gasteiger partial charge in [0.25, 0.3) is 0 Å². The lowest BCUT2D eigenvalue weighted by Gasteiger charge is -2.49. The number of hydrogen-bond acceptors (Lipinski definition) is 4. The first-order chi connectivity index (χ1) is 14.3. The molecule has 5 heteroatoms. The van der Waals surface area contributed by atoms with Crippen LogP contribution in [0.1, 0.15) is 68.8 Å². The Balaban J connectivity index is 1.86. The highest BCUT2D eigenvalue weighted by Gasteiger charge is 2.47. The normalized spacial score (nSPS) is 32.2. The summed E-state index contributed by atoms with van der Waals surface area (Å²) in [6.45, 7) is 7.47. The minimum absolute atomic E-state index is 0.229. The highest BCUT2D eigenvalue weighted by atomic mass is 16.5. The molecule has 5 atom stereocenters. The lowest BCUT2D eigenvalue weighted by molar-refractivity contribution is -0.129. The highest BCUT2D eigenvalue weighted by Crippen LogP contribution is 2.48. The molecular weight excluding hydrogens is 376 g/mol. The van der Waals surface area contributed by atoms with Crippen LogP contribution in [-0.2, 0) is 15.1 Å². The Morgan fingerprint density at radius 3 is 2.70 bits per heavy atom. The van der Waals surface area contributed by atoms with Gasteiger partial charge in [-0.2, -0.15) is 0 Å². The number of carbonyl (C=O) groups excluding carboxylic acids is 1. The second-order valence-corrected chi connectivity index (χ2v) is 9.30. The first-order valence-corrected chi connectivity index (χ1v) is 11.3. The molecule has 1 saturated carbocycles. The van der Waals surface area contributed by atoms with E-state index >= 15 is 0 Å². The molecule has 3 rings (SSSR count). The van der Waals surface area contributed by atoms with Crippen LogP contribution in [0.3, 0.4) is 0 Å². The number of primary amides is 1. The topological polar surface area (TPSA) is 64.8 Å². The summed E-state index contributed by atoms with van der Waals surface area (Å²) in [6.07, 6.45) is 8.43. The van der Waals surface area contributed by atoms with Crippen molar-refractivity contribution in [3.05, 3.63) is 47.2 Å². The van der Waals surface area contributed by atoms with Gasteiger partial charge in [-0.1, -0.05) is 25.5 Å². The van der Waals surface area contributed by atoms with Crippen LogP contribution in [0, 0.1) is 11.8 Å². The van der Waals surface area contributed by atoms with Gasteiger partial charge < -0.3 is 20.1 Å². The van der Waals surface area contributed by atoms with Crippen molar-refractivity contribution < 1.29 is 14.3 Å². The molecule has 2 N–H and O–H groups in total. The van der Waals surface area contributed by atoms with Gasteiger partial charge in [-0.25, -0.2) is 0 Å². The molecule has 0 spiro atoms. The third kappa shape index (κ3) is 4.57. The van der Waals surface area contributed by atoms with E-state index < -0.39 is 11.5 Å². The van der Waals surface area contributed by atoms with Gasteiger partial charge >= 0.3 is 0 Å². The van der Waals surface area contributed by atoms with E-state index in [1.807, 2.05) is 12.1 Å². The number of nitrogens with zero attached hydrogens (tertiary/aromatic N) is 1. The minimum atomic E-state index is -0.432. The van der Waals surface area contributed by atoms with Crippen molar-refractivity contribution in [1.82, 2.24) is 4.90 Å². The molecule has 1 aliphatic carbocycles. The van der Waals surface area contributed by atoms with Gasteiger partial charge in [-0.3, -0.25) is 4.79 Å². The molecule has 1 aliphatic heterocycles. The van der Waals surface area contributed by atoms with Crippen molar-refractivity contribution in [2.24, 2.45) is 17.6 Å². The molecule has 2 aliphatic rings. The van der Waals surface area contributed by atoms with E-state index in [9.17, 15) is 4.79 Å². The highest BCUT2D eigenvalue weighted by molar-refractivity contribution is 5.92. The van der Waals surface area contributed by atoms with Crippen molar-refractivity contribution in [2.75, 3.05) is 20.7 Å². The summed E-state index contributed by atoms with van der Waals surface area (Å²) >= 11 is 0. The summed E-state index contributed by atoms with van der Waals surface area (Å²) in [7, 11) is 3.95. The summed E-state index contributed by atoms with van der Waals surface area (Å²) in [5.41, 5.74) is 8.01. The van der Waals surface area contributed by atoms with Gasteiger partial charge in [0.05, 0.1) is 17.8 Å². The Kier molecular flexibility index (Phi) is 7.25. The molecule has 0 bridgehead atoms. The quantitative estimate of drug-likeness (QED) is 0.715. The molecule has 0 radical (unpaired) electrons. The molecule has 5 nitrogen and oxygen atoms in total. The first kappa shape index (κ1) is 22.8. The van der Waals surface area contributed by atoms with Crippen LogP contribution in [0.25, 0.3) is 0 Å². The van der Waals surface area contributed by atoms with Crippen LogP contribution in [0.15, 0.2) is 36.0 Å². The number of carbonyl (C=O) groups is 1. The van der Waals surface area contributed by atoms with Gasteiger partial charge in [0, 0.05) is 38.4 Å². The SMILES string of the molecule is COC1(c2cccc(C(N)=O)c2)C(C)CCCC1CN(C)/C=C(/C)C1CCC(C)O1. The van der Waals surface area contributed by atoms with Crippen molar-refractivity contribution >= 4 is 5.91 Å². The van der Waals surface area contributed by atoms with Crippen molar-refractivity contribution in [3.8, 4) is 0 Å². The number of hydrogen-bond donors (Lipinski definition) is 1. The summed E-state index contributed by atoms with van der Waals surface area (Å²) in [5, 5.41) is 0. The van der Waals surface area contributed by atoms with Crippen LogP contribution in [0.4, 0.5) is 0 Å². The fourth-order valence-corrected chi connectivity index (χ4v) is 5.62. The lowest BCUT2D eigenvalue weighted by Crippen LogP contribution is -2.49. The number of nitrogens with two attached hydrogens (primary N) is 1. The van der Waals surface area contributed by atoms with Gasteiger partial charge in [-0.05, 0) is 68.7 Å². The Morgan fingerprint density at radius 1 is 1.30 bits per heavy atom. The number of amides is 1. The second-order valence-electron chi connectivity index (χ2n) is 9.30. The fraction of sp³-hybridized carbons (Fsp3) is 0.640. The van der Waals surface area contributed by atoms with E-state index in [4.69, 9.17) is 15.2 Å². The molecule has 1 aromatic carbocycles. The van der Waals surface area contributed by atoms with E-state index in [1.165, 1.54) is 12.0 Å². The van der Waals surface area contributed by atoms with Crippen LogP contribution >= 0.6 is 0 Å². The first-order valence-electron chi connectivity index (χ1n) is 11.3. The standard InChI is InChI=1S/C25H38N2O3/c1-17(23-13-12-19(3)30-23)15-27(4)16-22-11-6-8-18(2)25(22,29-5)21-10-7-9-20(14-21)24(26)28/h7,9-10,14-15,18-19,22-23H,6,8,11-13,16H2,1-5H3,(H2,26,28)/b17-15-.